The average Bonchev–Trinajstić information content (AvgIpc) is 2.22. The zero-order valence-corrected chi connectivity index (χ0v) is 9.02. The summed E-state index contributed by atoms with van der Waals surface area (Å²) < 4.78 is 1.16. The zero-order chi connectivity index (χ0) is 11.7. The molecule has 16 heavy (non-hydrogen) atoms. The van der Waals surface area contributed by atoms with Gasteiger partial charge in [0.05, 0.1) is 5.69 Å². The van der Waals surface area contributed by atoms with Crippen molar-refractivity contribution in [2.45, 2.75) is 13.8 Å². The lowest BCUT2D eigenvalue weighted by molar-refractivity contribution is 0.749. The summed E-state index contributed by atoms with van der Waals surface area (Å²) in [6, 6.07) is 5.54. The molecule has 0 spiro atoms. The number of hydrogen-bond acceptors (Lipinski definition) is 3. The van der Waals surface area contributed by atoms with Crippen molar-refractivity contribution in [3.05, 3.63) is 56.4 Å². The van der Waals surface area contributed by atoms with Gasteiger partial charge in [-0.25, -0.2) is 4.79 Å². The summed E-state index contributed by atoms with van der Waals surface area (Å²) in [5, 5.41) is 3.78. The monoisotopic (exact) mass is 217 g/mol. The molecule has 1 aromatic carbocycles. The van der Waals surface area contributed by atoms with Crippen LogP contribution in [0.2, 0.25) is 0 Å². The summed E-state index contributed by atoms with van der Waals surface area (Å²) in [7, 11) is 0. The third kappa shape index (κ3) is 1.79. The van der Waals surface area contributed by atoms with E-state index in [9.17, 15) is 9.59 Å². The number of hydrogen-bond donors (Lipinski definition) is 1. The number of rotatable bonds is 1. The van der Waals surface area contributed by atoms with Gasteiger partial charge in [0, 0.05) is 0 Å². The van der Waals surface area contributed by atoms with E-state index in [2.05, 4.69) is 10.1 Å². The molecule has 0 fully saturated rings. The smallest absolute Gasteiger partial charge is 0.271 e. The predicted molar refractivity (Wildman–Crippen MR) is 59.9 cm³/mol. The van der Waals surface area contributed by atoms with E-state index in [0.29, 0.717) is 5.69 Å². The maximum Gasteiger partial charge on any atom is 0.349 e. The average molecular weight is 217 g/mol. The number of aryl methyl sites for hydroxylation is 2. The highest BCUT2D eigenvalue weighted by Crippen LogP contribution is 2.10. The molecule has 1 N–H and O–H groups in total. The van der Waals surface area contributed by atoms with Gasteiger partial charge in [-0.05, 0) is 37.1 Å². The fourth-order valence-corrected chi connectivity index (χ4v) is 1.39. The maximum atomic E-state index is 11.5. The van der Waals surface area contributed by atoms with Crippen molar-refractivity contribution in [3.8, 4) is 5.69 Å². The Kier molecular flexibility index (Phi) is 2.44. The highest BCUT2D eigenvalue weighted by Gasteiger charge is 2.02. The summed E-state index contributed by atoms with van der Waals surface area (Å²) in [6.07, 6.45) is 1.08. The van der Waals surface area contributed by atoms with Crippen molar-refractivity contribution in [1.29, 1.82) is 0 Å². The van der Waals surface area contributed by atoms with E-state index < -0.39 is 11.2 Å². The molecule has 0 aliphatic carbocycles. The third-order valence-electron chi connectivity index (χ3n) is 2.45. The van der Waals surface area contributed by atoms with Gasteiger partial charge in [-0.15, -0.1) is 0 Å². The molecular formula is C11H11N3O2. The van der Waals surface area contributed by atoms with Gasteiger partial charge in [-0.1, -0.05) is 6.07 Å². The molecule has 2 aromatic rings. The highest BCUT2D eigenvalue weighted by atomic mass is 16.2. The fourth-order valence-electron chi connectivity index (χ4n) is 1.39. The number of aromatic amines is 1. The summed E-state index contributed by atoms with van der Waals surface area (Å²) in [4.78, 5) is 24.5. The Hall–Kier alpha value is -2.17. The largest absolute Gasteiger partial charge is 0.349 e. The van der Waals surface area contributed by atoms with Gasteiger partial charge in [0.25, 0.3) is 5.56 Å². The van der Waals surface area contributed by atoms with E-state index in [-0.39, 0.29) is 0 Å². The molecular weight excluding hydrogens is 206 g/mol. The van der Waals surface area contributed by atoms with Gasteiger partial charge in [0.1, 0.15) is 6.20 Å². The van der Waals surface area contributed by atoms with Crippen LogP contribution in [0.25, 0.3) is 5.69 Å². The van der Waals surface area contributed by atoms with Crippen LogP contribution in [0.1, 0.15) is 11.1 Å². The van der Waals surface area contributed by atoms with Crippen molar-refractivity contribution in [3.63, 3.8) is 0 Å². The Morgan fingerprint density at radius 1 is 1.19 bits per heavy atom. The van der Waals surface area contributed by atoms with Crippen LogP contribution in [0.5, 0.6) is 0 Å². The Balaban J connectivity index is 2.63. The first-order valence-corrected chi connectivity index (χ1v) is 4.84. The van der Waals surface area contributed by atoms with Gasteiger partial charge < -0.3 is 0 Å². The molecule has 0 atom stereocenters. The normalized spacial score (nSPS) is 10.4. The van der Waals surface area contributed by atoms with Gasteiger partial charge >= 0.3 is 5.69 Å². The molecule has 5 nitrogen and oxygen atoms in total. The molecule has 0 amide bonds. The predicted octanol–water partition coefficient (Wildman–Crippen LogP) is 0.538. The first-order valence-electron chi connectivity index (χ1n) is 4.84. The quantitative estimate of drug-likeness (QED) is 0.758. The second-order valence-electron chi connectivity index (χ2n) is 3.62. The second-order valence-corrected chi connectivity index (χ2v) is 3.62. The summed E-state index contributed by atoms with van der Waals surface area (Å²) in [6.45, 7) is 3.94. The number of aromatic nitrogens is 3. The minimum atomic E-state index is -0.532. The maximum absolute atomic E-state index is 11.5. The molecule has 1 aromatic heterocycles. The minimum Gasteiger partial charge on any atom is -0.271 e. The molecule has 82 valence electrons. The number of nitrogens with one attached hydrogen (secondary N) is 1. The first kappa shape index (κ1) is 10.4. The second kappa shape index (κ2) is 3.77. The van der Waals surface area contributed by atoms with Crippen LogP contribution in [-0.4, -0.2) is 14.8 Å². The summed E-state index contributed by atoms with van der Waals surface area (Å²) in [5.41, 5.74) is 1.82. The van der Waals surface area contributed by atoms with E-state index in [4.69, 9.17) is 0 Å². The van der Waals surface area contributed by atoms with Crippen LogP contribution in [0.3, 0.4) is 0 Å². The van der Waals surface area contributed by atoms with E-state index in [1.54, 1.807) is 6.07 Å². The molecule has 0 aliphatic rings. The van der Waals surface area contributed by atoms with Crippen LogP contribution in [-0.2, 0) is 0 Å². The standard InChI is InChI=1S/C11H11N3O2/c1-7-3-4-9(5-8(7)2)14-11(16)13-10(15)6-12-14/h3-6H,1-2H3,(H,13,15,16). The Bertz CT molecular complexity index is 640. The van der Waals surface area contributed by atoms with Crippen LogP contribution in [0.4, 0.5) is 0 Å². The van der Waals surface area contributed by atoms with Crippen molar-refractivity contribution < 1.29 is 0 Å². The van der Waals surface area contributed by atoms with Crippen molar-refractivity contribution in [2.75, 3.05) is 0 Å². The molecule has 2 rings (SSSR count). The summed E-state index contributed by atoms with van der Waals surface area (Å²) >= 11 is 0. The molecule has 5 heteroatoms. The van der Waals surface area contributed by atoms with Gasteiger partial charge in [0.2, 0.25) is 0 Å². The van der Waals surface area contributed by atoms with Gasteiger partial charge in [-0.3, -0.25) is 9.78 Å². The molecule has 0 saturated heterocycles. The van der Waals surface area contributed by atoms with Crippen LogP contribution < -0.4 is 11.2 Å². The molecule has 1 heterocycles. The molecule has 0 saturated carbocycles. The van der Waals surface area contributed by atoms with Gasteiger partial charge in [0.15, 0.2) is 0 Å². The van der Waals surface area contributed by atoms with E-state index in [1.807, 2.05) is 26.0 Å². The molecule has 0 unspecified atom stereocenters. The minimum absolute atomic E-state index is 0.495. The number of benzene rings is 1. The third-order valence-corrected chi connectivity index (χ3v) is 2.45. The lowest BCUT2D eigenvalue weighted by Gasteiger charge is -2.05. The van der Waals surface area contributed by atoms with Crippen molar-refractivity contribution in [1.82, 2.24) is 14.8 Å². The van der Waals surface area contributed by atoms with E-state index >= 15 is 0 Å². The van der Waals surface area contributed by atoms with Gasteiger partial charge in [-0.2, -0.15) is 9.78 Å². The SMILES string of the molecule is Cc1ccc(-n2ncc(=O)[nH]c2=O)cc1C. The molecule has 0 radical (unpaired) electrons. The molecule has 0 aliphatic heterocycles. The van der Waals surface area contributed by atoms with Crippen molar-refractivity contribution >= 4 is 0 Å². The van der Waals surface area contributed by atoms with Crippen molar-refractivity contribution in [2.24, 2.45) is 0 Å². The first-order chi connectivity index (χ1) is 7.58. The topological polar surface area (TPSA) is 67.8 Å². The van der Waals surface area contributed by atoms with Crippen LogP contribution in [0.15, 0.2) is 34.0 Å². The van der Waals surface area contributed by atoms with Crippen LogP contribution in [0, 0.1) is 13.8 Å². The zero-order valence-electron chi connectivity index (χ0n) is 9.02. The van der Waals surface area contributed by atoms with E-state index in [0.717, 1.165) is 22.0 Å². The Morgan fingerprint density at radius 2 is 1.94 bits per heavy atom. The van der Waals surface area contributed by atoms with Crippen LogP contribution >= 0.6 is 0 Å². The summed E-state index contributed by atoms with van der Waals surface area (Å²) in [5.74, 6) is 0. The Morgan fingerprint density at radius 3 is 2.56 bits per heavy atom. The fraction of sp³-hybridized carbons (Fsp3) is 0.182. The highest BCUT2D eigenvalue weighted by molar-refractivity contribution is 5.38. The Labute approximate surface area is 91.4 Å². The molecule has 0 bridgehead atoms. The lowest BCUT2D eigenvalue weighted by atomic mass is 10.1. The lowest BCUT2D eigenvalue weighted by Crippen LogP contribution is -2.30. The number of H-pyrrole nitrogens is 1. The number of nitrogens with zero attached hydrogens (tertiary/aromatic N) is 2. The van der Waals surface area contributed by atoms with E-state index in [1.165, 1.54) is 0 Å².